The summed E-state index contributed by atoms with van der Waals surface area (Å²) in [5, 5.41) is 21.8. The zero-order valence-corrected chi connectivity index (χ0v) is 28.7. The van der Waals surface area contributed by atoms with Gasteiger partial charge in [-0.05, 0) is 38.5 Å². The van der Waals surface area contributed by atoms with Crippen LogP contribution in [0.1, 0.15) is 187 Å². The number of allylic oxidation sites excluding steroid dienone is 5. The van der Waals surface area contributed by atoms with Crippen molar-refractivity contribution in [3.05, 3.63) is 36.5 Å². The molecule has 0 spiro atoms. The summed E-state index contributed by atoms with van der Waals surface area (Å²) in [6, 6.07) is -0.644. The molecule has 0 aliphatic rings. The Morgan fingerprint density at radius 2 is 0.860 bits per heavy atom. The second-order valence-electron chi connectivity index (χ2n) is 12.7. The minimum absolute atomic E-state index is 0.255. The quantitative estimate of drug-likeness (QED) is 0.0516. The minimum Gasteiger partial charge on any atom is -0.394 e. The number of aliphatic hydroxyl groups excluding tert-OH is 2. The summed E-state index contributed by atoms with van der Waals surface area (Å²) < 4.78 is 0. The van der Waals surface area contributed by atoms with Crippen LogP contribution in [0.3, 0.4) is 0 Å². The number of hydrogen-bond donors (Lipinski definition) is 3. The van der Waals surface area contributed by atoms with E-state index in [1.165, 1.54) is 155 Å². The average molecular weight is 604 g/mol. The Hall–Kier alpha value is -1.39. The Kier molecular flexibility index (Phi) is 34.0. The molecule has 0 aromatic heterocycles. The maximum absolute atomic E-state index is 11.1. The zero-order chi connectivity index (χ0) is 31.5. The smallest absolute Gasteiger partial charge is 0.217 e. The van der Waals surface area contributed by atoms with Gasteiger partial charge in [-0.15, -0.1) is 0 Å². The molecule has 2 atom stereocenters. The normalized spacial score (nSPS) is 13.5. The lowest BCUT2D eigenvalue weighted by molar-refractivity contribution is -0.120. The molecule has 0 fully saturated rings. The van der Waals surface area contributed by atoms with Gasteiger partial charge in [-0.1, -0.05) is 178 Å². The fourth-order valence-electron chi connectivity index (χ4n) is 5.60. The number of aliphatic hydroxyl groups is 2. The van der Waals surface area contributed by atoms with Crippen molar-refractivity contribution in [2.24, 2.45) is 0 Å². The van der Waals surface area contributed by atoms with E-state index in [0.717, 1.165) is 25.7 Å². The highest BCUT2D eigenvalue weighted by Gasteiger charge is 2.15. The summed E-state index contributed by atoms with van der Waals surface area (Å²) in [6.45, 7) is 3.39. The fraction of sp³-hybridized carbons (Fsp3) is 0.821. The Balaban J connectivity index is 3.31. The van der Waals surface area contributed by atoms with E-state index < -0.39 is 12.1 Å². The molecule has 0 rings (SSSR count). The first-order valence-corrected chi connectivity index (χ1v) is 18.6. The molecule has 252 valence electrons. The first kappa shape index (κ1) is 41.6. The van der Waals surface area contributed by atoms with E-state index in [0.29, 0.717) is 0 Å². The van der Waals surface area contributed by atoms with E-state index in [4.69, 9.17) is 0 Å². The lowest BCUT2D eigenvalue weighted by Crippen LogP contribution is -2.44. The van der Waals surface area contributed by atoms with Crippen molar-refractivity contribution in [1.82, 2.24) is 5.32 Å². The summed E-state index contributed by atoms with van der Waals surface area (Å²) >= 11 is 0. The number of rotatable bonds is 33. The molecular weight excluding hydrogens is 530 g/mol. The Labute approximate surface area is 268 Å². The van der Waals surface area contributed by atoms with E-state index in [-0.39, 0.29) is 12.5 Å². The van der Waals surface area contributed by atoms with Crippen LogP contribution in [0.4, 0.5) is 0 Å². The molecular formula is C39H73NO3. The van der Waals surface area contributed by atoms with E-state index in [2.05, 4.69) is 36.5 Å². The molecule has 4 heteroatoms. The van der Waals surface area contributed by atoms with Crippen LogP contribution in [-0.2, 0) is 4.79 Å². The maximum Gasteiger partial charge on any atom is 0.217 e. The molecule has 0 aliphatic carbocycles. The second kappa shape index (κ2) is 35.1. The molecule has 0 bridgehead atoms. The third kappa shape index (κ3) is 33.3. The fourth-order valence-corrected chi connectivity index (χ4v) is 5.60. The zero-order valence-electron chi connectivity index (χ0n) is 28.7. The molecule has 3 N–H and O–H groups in total. The lowest BCUT2D eigenvalue weighted by atomic mass is 10.0. The predicted octanol–water partition coefficient (Wildman–Crippen LogP) is 11.1. The van der Waals surface area contributed by atoms with Crippen molar-refractivity contribution in [1.29, 1.82) is 0 Å². The van der Waals surface area contributed by atoms with Crippen molar-refractivity contribution < 1.29 is 15.0 Å². The highest BCUT2D eigenvalue weighted by Crippen LogP contribution is 2.15. The van der Waals surface area contributed by atoms with Gasteiger partial charge < -0.3 is 15.5 Å². The van der Waals surface area contributed by atoms with E-state index >= 15 is 0 Å². The molecule has 1 amide bonds. The van der Waals surface area contributed by atoms with Crippen LogP contribution >= 0.6 is 0 Å². The molecule has 0 aromatic carbocycles. The molecule has 0 radical (unpaired) electrons. The average Bonchev–Trinajstić information content (AvgIpc) is 3.00. The van der Waals surface area contributed by atoms with Crippen molar-refractivity contribution in [3.63, 3.8) is 0 Å². The first-order chi connectivity index (χ1) is 21.1. The SMILES string of the molecule is CCCCCCCCCCCCCCCCCCCCCCCC/C=C/CC/C=C/CC/C=C/C(O)C(CO)NC(C)=O. The monoisotopic (exact) mass is 604 g/mol. The number of hydrogen-bond acceptors (Lipinski definition) is 3. The second-order valence-corrected chi connectivity index (χ2v) is 12.7. The van der Waals surface area contributed by atoms with Gasteiger partial charge in [0.25, 0.3) is 0 Å². The minimum atomic E-state index is -0.864. The van der Waals surface area contributed by atoms with E-state index in [1.54, 1.807) is 6.08 Å². The van der Waals surface area contributed by atoms with Gasteiger partial charge in [0.05, 0.1) is 18.8 Å². The van der Waals surface area contributed by atoms with Gasteiger partial charge in [0.2, 0.25) is 5.91 Å². The highest BCUT2D eigenvalue weighted by molar-refractivity contribution is 5.73. The van der Waals surface area contributed by atoms with Crippen molar-refractivity contribution >= 4 is 5.91 Å². The third-order valence-corrected chi connectivity index (χ3v) is 8.39. The topological polar surface area (TPSA) is 69.6 Å². The van der Waals surface area contributed by atoms with Gasteiger partial charge in [0, 0.05) is 6.92 Å². The van der Waals surface area contributed by atoms with Crippen LogP contribution in [-0.4, -0.2) is 34.9 Å². The summed E-state index contributed by atoms with van der Waals surface area (Å²) in [5.74, 6) is -0.255. The largest absolute Gasteiger partial charge is 0.394 e. The molecule has 0 aromatic rings. The molecule has 2 unspecified atom stereocenters. The van der Waals surface area contributed by atoms with Crippen LogP contribution in [0.5, 0.6) is 0 Å². The molecule has 43 heavy (non-hydrogen) atoms. The van der Waals surface area contributed by atoms with Crippen molar-refractivity contribution in [2.75, 3.05) is 6.61 Å². The number of carbonyl (C=O) groups excluding carboxylic acids is 1. The Morgan fingerprint density at radius 1 is 0.535 bits per heavy atom. The van der Waals surface area contributed by atoms with Crippen LogP contribution in [0, 0.1) is 0 Å². The van der Waals surface area contributed by atoms with Gasteiger partial charge in [-0.3, -0.25) is 4.79 Å². The predicted molar refractivity (Wildman–Crippen MR) is 188 cm³/mol. The lowest BCUT2D eigenvalue weighted by Gasteiger charge is -2.18. The third-order valence-electron chi connectivity index (χ3n) is 8.39. The maximum atomic E-state index is 11.1. The number of amides is 1. The first-order valence-electron chi connectivity index (χ1n) is 18.6. The van der Waals surface area contributed by atoms with Gasteiger partial charge in [-0.2, -0.15) is 0 Å². The number of unbranched alkanes of at least 4 members (excludes halogenated alkanes) is 24. The number of nitrogens with one attached hydrogen (secondary N) is 1. The standard InChI is InChI=1S/C39H73NO3/c1-3-4-5-6-7-8-9-10-11-12-13-14-15-16-17-18-19-20-21-22-23-24-25-26-27-28-29-30-31-32-33-34-35-39(43)38(36-41)40-37(2)42/h26-27,30-31,34-35,38-39,41,43H,3-25,28-29,32-33,36H2,1-2H3,(H,40,42)/b27-26+,31-30+,35-34+. The Morgan fingerprint density at radius 3 is 1.21 bits per heavy atom. The molecule has 0 saturated heterocycles. The molecule has 4 nitrogen and oxygen atoms in total. The number of carbonyl (C=O) groups is 1. The highest BCUT2D eigenvalue weighted by atomic mass is 16.3. The van der Waals surface area contributed by atoms with Gasteiger partial charge in [-0.25, -0.2) is 0 Å². The molecule has 0 heterocycles. The van der Waals surface area contributed by atoms with E-state index in [9.17, 15) is 15.0 Å². The summed E-state index contributed by atoms with van der Waals surface area (Å²) in [4.78, 5) is 11.1. The van der Waals surface area contributed by atoms with Gasteiger partial charge in [0.15, 0.2) is 0 Å². The van der Waals surface area contributed by atoms with Crippen LogP contribution in [0.2, 0.25) is 0 Å². The van der Waals surface area contributed by atoms with Crippen molar-refractivity contribution in [2.45, 2.75) is 199 Å². The van der Waals surface area contributed by atoms with Crippen molar-refractivity contribution in [3.8, 4) is 0 Å². The van der Waals surface area contributed by atoms with Crippen LogP contribution in [0.15, 0.2) is 36.5 Å². The summed E-state index contributed by atoms with van der Waals surface area (Å²) in [7, 11) is 0. The van der Waals surface area contributed by atoms with Gasteiger partial charge in [0.1, 0.15) is 0 Å². The molecule has 0 aliphatic heterocycles. The Bertz CT molecular complexity index is 657. The van der Waals surface area contributed by atoms with Gasteiger partial charge >= 0.3 is 0 Å². The van der Waals surface area contributed by atoms with Crippen LogP contribution in [0.25, 0.3) is 0 Å². The summed E-state index contributed by atoms with van der Waals surface area (Å²) in [5.41, 5.74) is 0. The van der Waals surface area contributed by atoms with Crippen LogP contribution < -0.4 is 5.32 Å². The van der Waals surface area contributed by atoms with E-state index in [1.807, 2.05) is 6.08 Å². The molecule has 0 saturated carbocycles. The summed E-state index contributed by atoms with van der Waals surface area (Å²) in [6.07, 6.45) is 48.5.